The molecule has 0 bridgehead atoms. The van der Waals surface area contributed by atoms with Crippen molar-refractivity contribution in [1.82, 2.24) is 0 Å². The number of aryl methyl sites for hydroxylation is 1. The second-order valence-corrected chi connectivity index (χ2v) is 3.82. The summed E-state index contributed by atoms with van der Waals surface area (Å²) in [6.45, 7) is 2.92. The van der Waals surface area contributed by atoms with E-state index in [1.807, 2.05) is 25.1 Å². The summed E-state index contributed by atoms with van der Waals surface area (Å²) >= 11 is 0. The zero-order chi connectivity index (χ0) is 13.4. The summed E-state index contributed by atoms with van der Waals surface area (Å²) in [5, 5.41) is 2.74. The molecule has 0 saturated carbocycles. The number of carbonyl (C=O) groups is 1. The van der Waals surface area contributed by atoms with E-state index in [0.29, 0.717) is 24.7 Å². The van der Waals surface area contributed by atoms with Gasteiger partial charge in [-0.2, -0.15) is 0 Å². The number of methoxy groups -OCH3 is 2. The Kier molecular flexibility index (Phi) is 6.18. The maximum absolute atomic E-state index is 11.5. The van der Waals surface area contributed by atoms with Gasteiger partial charge < -0.3 is 19.5 Å². The van der Waals surface area contributed by atoms with Crippen molar-refractivity contribution in [1.29, 1.82) is 0 Å². The SMILES string of the molecule is COCCOc1cc(C)ccc1NC(=O)COC. The number of nitrogens with one attached hydrogen (secondary N) is 1. The number of carbonyl (C=O) groups excluding carboxylic acids is 1. The summed E-state index contributed by atoms with van der Waals surface area (Å²) in [5.74, 6) is 0.425. The van der Waals surface area contributed by atoms with Crippen LogP contribution in [-0.2, 0) is 14.3 Å². The van der Waals surface area contributed by atoms with E-state index in [1.54, 1.807) is 7.11 Å². The Morgan fingerprint density at radius 3 is 2.67 bits per heavy atom. The second kappa shape index (κ2) is 7.68. The first kappa shape index (κ1) is 14.5. The van der Waals surface area contributed by atoms with Gasteiger partial charge in [0.15, 0.2) is 0 Å². The quantitative estimate of drug-likeness (QED) is 0.750. The van der Waals surface area contributed by atoms with Gasteiger partial charge in [-0.3, -0.25) is 4.79 Å². The van der Waals surface area contributed by atoms with Crippen LogP contribution >= 0.6 is 0 Å². The van der Waals surface area contributed by atoms with E-state index in [-0.39, 0.29) is 12.5 Å². The molecule has 0 spiro atoms. The van der Waals surface area contributed by atoms with E-state index in [0.717, 1.165) is 5.56 Å². The standard InChI is InChI=1S/C13H19NO4/c1-10-4-5-11(14-13(15)9-17-3)12(8-10)18-7-6-16-2/h4-5,8H,6-7,9H2,1-3H3,(H,14,15). The van der Waals surface area contributed by atoms with Crippen molar-refractivity contribution in [3.05, 3.63) is 23.8 Å². The third-order valence-corrected chi connectivity index (χ3v) is 2.23. The first-order valence-corrected chi connectivity index (χ1v) is 5.68. The minimum atomic E-state index is -0.210. The fourth-order valence-corrected chi connectivity index (χ4v) is 1.40. The van der Waals surface area contributed by atoms with Gasteiger partial charge in [0.05, 0.1) is 12.3 Å². The molecule has 0 fully saturated rings. The lowest BCUT2D eigenvalue weighted by molar-refractivity contribution is -0.119. The van der Waals surface area contributed by atoms with Crippen LogP contribution in [0.15, 0.2) is 18.2 Å². The second-order valence-electron chi connectivity index (χ2n) is 3.82. The van der Waals surface area contributed by atoms with Gasteiger partial charge >= 0.3 is 0 Å². The third kappa shape index (κ3) is 4.73. The van der Waals surface area contributed by atoms with Gasteiger partial charge in [-0.15, -0.1) is 0 Å². The van der Waals surface area contributed by atoms with Crippen LogP contribution in [0.3, 0.4) is 0 Å². The van der Waals surface area contributed by atoms with E-state index in [9.17, 15) is 4.79 Å². The summed E-state index contributed by atoms with van der Waals surface area (Å²) in [7, 11) is 3.09. The number of amides is 1. The van der Waals surface area contributed by atoms with Crippen LogP contribution in [0.25, 0.3) is 0 Å². The first-order chi connectivity index (χ1) is 8.67. The summed E-state index contributed by atoms with van der Waals surface area (Å²) in [5.41, 5.74) is 1.70. The topological polar surface area (TPSA) is 56.8 Å². The van der Waals surface area contributed by atoms with Gasteiger partial charge in [0.25, 0.3) is 0 Å². The third-order valence-electron chi connectivity index (χ3n) is 2.23. The van der Waals surface area contributed by atoms with E-state index < -0.39 is 0 Å². The van der Waals surface area contributed by atoms with Crippen LogP contribution in [0.5, 0.6) is 5.75 Å². The predicted octanol–water partition coefficient (Wildman–Crippen LogP) is 1.61. The molecule has 1 N–H and O–H groups in total. The molecule has 1 rings (SSSR count). The van der Waals surface area contributed by atoms with Gasteiger partial charge in [-0.05, 0) is 24.6 Å². The van der Waals surface area contributed by atoms with Gasteiger partial charge in [0.2, 0.25) is 5.91 Å². The molecule has 0 radical (unpaired) electrons. The lowest BCUT2D eigenvalue weighted by atomic mass is 10.2. The Balaban J connectivity index is 2.72. The molecule has 0 aromatic heterocycles. The molecule has 0 saturated heterocycles. The van der Waals surface area contributed by atoms with Gasteiger partial charge in [-0.25, -0.2) is 0 Å². The first-order valence-electron chi connectivity index (χ1n) is 5.68. The average molecular weight is 253 g/mol. The lowest BCUT2D eigenvalue weighted by Gasteiger charge is -2.13. The Bertz CT molecular complexity index is 393. The molecule has 100 valence electrons. The molecule has 0 atom stereocenters. The van der Waals surface area contributed by atoms with Crippen molar-refractivity contribution in [2.75, 3.05) is 39.4 Å². The Morgan fingerprint density at radius 1 is 1.22 bits per heavy atom. The monoisotopic (exact) mass is 253 g/mol. The molecule has 0 aliphatic carbocycles. The molecule has 0 aliphatic heterocycles. The van der Waals surface area contributed by atoms with Crippen molar-refractivity contribution in [2.45, 2.75) is 6.92 Å². The molecular formula is C13H19NO4. The van der Waals surface area contributed by atoms with E-state index in [1.165, 1.54) is 7.11 Å². The van der Waals surface area contributed by atoms with E-state index in [4.69, 9.17) is 14.2 Å². The van der Waals surface area contributed by atoms with Crippen molar-refractivity contribution >= 4 is 11.6 Å². The lowest BCUT2D eigenvalue weighted by Crippen LogP contribution is -2.18. The highest BCUT2D eigenvalue weighted by Crippen LogP contribution is 2.25. The Labute approximate surface area is 107 Å². The summed E-state index contributed by atoms with van der Waals surface area (Å²) in [6.07, 6.45) is 0. The average Bonchev–Trinajstić information content (AvgIpc) is 2.33. The van der Waals surface area contributed by atoms with Crippen LogP contribution < -0.4 is 10.1 Å². The number of benzene rings is 1. The highest BCUT2D eigenvalue weighted by Gasteiger charge is 2.08. The minimum Gasteiger partial charge on any atom is -0.489 e. The Hall–Kier alpha value is -1.59. The summed E-state index contributed by atoms with van der Waals surface area (Å²) < 4.78 is 15.2. The fourth-order valence-electron chi connectivity index (χ4n) is 1.40. The van der Waals surface area contributed by atoms with Crippen LogP contribution in [0.1, 0.15) is 5.56 Å². The molecule has 0 aliphatic rings. The number of ether oxygens (including phenoxy) is 3. The van der Waals surface area contributed by atoms with Crippen LogP contribution in [0, 0.1) is 6.92 Å². The molecule has 5 heteroatoms. The summed E-state index contributed by atoms with van der Waals surface area (Å²) in [4.78, 5) is 11.5. The van der Waals surface area contributed by atoms with Crippen molar-refractivity contribution < 1.29 is 19.0 Å². The molecule has 18 heavy (non-hydrogen) atoms. The number of rotatable bonds is 7. The van der Waals surface area contributed by atoms with Gasteiger partial charge in [0, 0.05) is 14.2 Å². The smallest absolute Gasteiger partial charge is 0.250 e. The maximum Gasteiger partial charge on any atom is 0.250 e. The fraction of sp³-hybridized carbons (Fsp3) is 0.462. The molecule has 0 heterocycles. The number of anilines is 1. The predicted molar refractivity (Wildman–Crippen MR) is 69.1 cm³/mol. The molecule has 0 unspecified atom stereocenters. The van der Waals surface area contributed by atoms with Gasteiger partial charge in [0.1, 0.15) is 19.0 Å². The normalized spacial score (nSPS) is 10.2. The van der Waals surface area contributed by atoms with Crippen LogP contribution in [0.4, 0.5) is 5.69 Å². The molecule has 5 nitrogen and oxygen atoms in total. The van der Waals surface area contributed by atoms with Crippen molar-refractivity contribution in [3.63, 3.8) is 0 Å². The molecule has 1 aromatic carbocycles. The number of hydrogen-bond acceptors (Lipinski definition) is 4. The van der Waals surface area contributed by atoms with Gasteiger partial charge in [-0.1, -0.05) is 6.07 Å². The maximum atomic E-state index is 11.5. The van der Waals surface area contributed by atoms with E-state index in [2.05, 4.69) is 5.32 Å². The summed E-state index contributed by atoms with van der Waals surface area (Å²) in [6, 6.07) is 5.59. The largest absolute Gasteiger partial charge is 0.489 e. The number of hydrogen-bond donors (Lipinski definition) is 1. The van der Waals surface area contributed by atoms with Crippen LogP contribution in [-0.4, -0.2) is 39.9 Å². The zero-order valence-electron chi connectivity index (χ0n) is 11.0. The highest BCUT2D eigenvalue weighted by molar-refractivity contribution is 5.93. The van der Waals surface area contributed by atoms with Crippen molar-refractivity contribution in [3.8, 4) is 5.75 Å². The zero-order valence-corrected chi connectivity index (χ0v) is 11.0. The molecular weight excluding hydrogens is 234 g/mol. The molecule has 1 aromatic rings. The highest BCUT2D eigenvalue weighted by atomic mass is 16.5. The minimum absolute atomic E-state index is 0.0192. The van der Waals surface area contributed by atoms with Crippen molar-refractivity contribution in [2.24, 2.45) is 0 Å². The Morgan fingerprint density at radius 2 is 2.00 bits per heavy atom. The van der Waals surface area contributed by atoms with Crippen LogP contribution in [0.2, 0.25) is 0 Å². The van der Waals surface area contributed by atoms with E-state index >= 15 is 0 Å². The molecule has 1 amide bonds.